The van der Waals surface area contributed by atoms with Crippen molar-refractivity contribution in [1.29, 1.82) is 0 Å². The van der Waals surface area contributed by atoms with Crippen LogP contribution in [0.1, 0.15) is 5.56 Å². The van der Waals surface area contributed by atoms with E-state index in [9.17, 15) is 4.39 Å². The molecule has 0 spiro atoms. The van der Waals surface area contributed by atoms with E-state index in [2.05, 4.69) is 17.5 Å². The molecule has 0 saturated heterocycles. The molecular formula is C11H16FNS. The summed E-state index contributed by atoms with van der Waals surface area (Å²) in [6.45, 7) is 1.82. The van der Waals surface area contributed by atoms with Crippen LogP contribution < -0.4 is 0 Å². The van der Waals surface area contributed by atoms with Gasteiger partial charge in [0.2, 0.25) is 0 Å². The second kappa shape index (κ2) is 6.04. The minimum atomic E-state index is -0.105. The lowest BCUT2D eigenvalue weighted by Gasteiger charge is -2.14. The molecule has 1 nitrogen and oxygen atoms in total. The van der Waals surface area contributed by atoms with Crippen LogP contribution in [-0.4, -0.2) is 30.8 Å². The SMILES string of the molecule is CN(CCS)CCc1ccccc1F. The summed E-state index contributed by atoms with van der Waals surface area (Å²) < 4.78 is 13.2. The van der Waals surface area contributed by atoms with Crippen molar-refractivity contribution in [3.63, 3.8) is 0 Å². The molecule has 0 aliphatic rings. The van der Waals surface area contributed by atoms with Gasteiger partial charge in [0.05, 0.1) is 0 Å². The molecule has 0 radical (unpaired) electrons. The van der Waals surface area contributed by atoms with Crippen molar-refractivity contribution in [2.24, 2.45) is 0 Å². The van der Waals surface area contributed by atoms with Crippen molar-refractivity contribution in [2.45, 2.75) is 6.42 Å². The van der Waals surface area contributed by atoms with Gasteiger partial charge in [0.1, 0.15) is 5.82 Å². The van der Waals surface area contributed by atoms with Gasteiger partial charge < -0.3 is 4.90 Å². The molecule has 0 aliphatic heterocycles. The lowest BCUT2D eigenvalue weighted by Crippen LogP contribution is -2.23. The Labute approximate surface area is 90.3 Å². The number of hydrogen-bond donors (Lipinski definition) is 1. The first-order valence-corrected chi connectivity index (χ1v) is 5.40. The summed E-state index contributed by atoms with van der Waals surface area (Å²) in [7, 11) is 2.02. The van der Waals surface area contributed by atoms with Crippen LogP contribution in [0.3, 0.4) is 0 Å². The summed E-state index contributed by atoms with van der Waals surface area (Å²) in [6.07, 6.45) is 0.761. The maximum absolute atomic E-state index is 13.2. The van der Waals surface area contributed by atoms with Gasteiger partial charge in [0.25, 0.3) is 0 Å². The van der Waals surface area contributed by atoms with Crippen LogP contribution in [0.2, 0.25) is 0 Å². The fourth-order valence-electron chi connectivity index (χ4n) is 1.29. The van der Waals surface area contributed by atoms with Gasteiger partial charge in [-0.3, -0.25) is 0 Å². The third-order valence-electron chi connectivity index (χ3n) is 2.20. The van der Waals surface area contributed by atoms with Gasteiger partial charge >= 0.3 is 0 Å². The highest BCUT2D eigenvalue weighted by Gasteiger charge is 2.02. The lowest BCUT2D eigenvalue weighted by molar-refractivity contribution is 0.358. The van der Waals surface area contributed by atoms with Crippen molar-refractivity contribution in [2.75, 3.05) is 25.9 Å². The smallest absolute Gasteiger partial charge is 0.126 e. The molecule has 0 aromatic heterocycles. The third kappa shape index (κ3) is 3.68. The summed E-state index contributed by atoms with van der Waals surface area (Å²) in [5, 5.41) is 0. The molecule has 0 unspecified atom stereocenters. The molecule has 0 atom stereocenters. The fourth-order valence-corrected chi connectivity index (χ4v) is 1.64. The Kier molecular flexibility index (Phi) is 4.98. The Morgan fingerprint density at radius 1 is 1.29 bits per heavy atom. The van der Waals surface area contributed by atoms with Crippen LogP contribution in [0.25, 0.3) is 0 Å². The zero-order valence-electron chi connectivity index (χ0n) is 8.41. The quantitative estimate of drug-likeness (QED) is 0.734. The highest BCUT2D eigenvalue weighted by atomic mass is 32.1. The summed E-state index contributed by atoms with van der Waals surface area (Å²) in [4.78, 5) is 2.15. The van der Waals surface area contributed by atoms with E-state index in [1.54, 1.807) is 6.07 Å². The molecule has 0 bridgehead atoms. The first-order chi connectivity index (χ1) is 6.74. The number of nitrogens with zero attached hydrogens (tertiary/aromatic N) is 1. The van der Waals surface area contributed by atoms with Gasteiger partial charge in [0, 0.05) is 18.8 Å². The standard InChI is InChI=1S/C11H16FNS/c1-13(8-9-14)7-6-10-4-2-3-5-11(10)12/h2-5,14H,6-9H2,1H3. The minimum absolute atomic E-state index is 0.105. The molecule has 0 amide bonds. The predicted molar refractivity (Wildman–Crippen MR) is 61.5 cm³/mol. The normalized spacial score (nSPS) is 10.9. The number of benzene rings is 1. The van der Waals surface area contributed by atoms with E-state index in [1.807, 2.05) is 19.2 Å². The lowest BCUT2D eigenvalue weighted by atomic mass is 10.1. The van der Waals surface area contributed by atoms with Crippen molar-refractivity contribution in [3.8, 4) is 0 Å². The molecule has 0 fully saturated rings. The Bertz CT molecular complexity index is 278. The molecule has 0 saturated carbocycles. The summed E-state index contributed by atoms with van der Waals surface area (Å²) >= 11 is 4.14. The molecule has 1 aromatic carbocycles. The van der Waals surface area contributed by atoms with E-state index in [4.69, 9.17) is 0 Å². The number of rotatable bonds is 5. The van der Waals surface area contributed by atoms with Gasteiger partial charge in [-0.05, 0) is 25.1 Å². The largest absolute Gasteiger partial charge is 0.305 e. The zero-order chi connectivity index (χ0) is 10.4. The van der Waals surface area contributed by atoms with E-state index in [0.717, 1.165) is 30.8 Å². The summed E-state index contributed by atoms with van der Waals surface area (Å²) in [5.74, 6) is 0.736. The number of likely N-dealkylation sites (N-methyl/N-ethyl adjacent to an activating group) is 1. The zero-order valence-corrected chi connectivity index (χ0v) is 9.30. The van der Waals surface area contributed by atoms with Gasteiger partial charge in [-0.25, -0.2) is 4.39 Å². The maximum Gasteiger partial charge on any atom is 0.126 e. The summed E-state index contributed by atoms with van der Waals surface area (Å²) in [6, 6.07) is 6.94. The molecule has 0 heterocycles. The second-order valence-corrected chi connectivity index (χ2v) is 3.82. The van der Waals surface area contributed by atoms with Gasteiger partial charge in [-0.2, -0.15) is 12.6 Å². The number of hydrogen-bond acceptors (Lipinski definition) is 2. The van der Waals surface area contributed by atoms with Crippen LogP contribution in [-0.2, 0) is 6.42 Å². The average Bonchev–Trinajstić information content (AvgIpc) is 2.17. The molecule has 1 aromatic rings. The van der Waals surface area contributed by atoms with Crippen molar-refractivity contribution in [3.05, 3.63) is 35.6 Å². The minimum Gasteiger partial charge on any atom is -0.305 e. The number of thiol groups is 1. The molecule has 78 valence electrons. The first kappa shape index (κ1) is 11.5. The Balaban J connectivity index is 2.41. The van der Waals surface area contributed by atoms with E-state index in [1.165, 1.54) is 6.07 Å². The molecule has 0 N–H and O–H groups in total. The molecule has 1 rings (SSSR count). The van der Waals surface area contributed by atoms with Crippen LogP contribution >= 0.6 is 12.6 Å². The van der Waals surface area contributed by atoms with Crippen molar-refractivity contribution >= 4 is 12.6 Å². The van der Waals surface area contributed by atoms with Crippen LogP contribution in [0.4, 0.5) is 4.39 Å². The van der Waals surface area contributed by atoms with Crippen molar-refractivity contribution in [1.82, 2.24) is 4.90 Å². The van der Waals surface area contributed by atoms with E-state index in [-0.39, 0.29) is 5.82 Å². The van der Waals surface area contributed by atoms with Gasteiger partial charge in [-0.15, -0.1) is 0 Å². The van der Waals surface area contributed by atoms with Crippen LogP contribution in [0, 0.1) is 5.82 Å². The van der Waals surface area contributed by atoms with E-state index in [0.29, 0.717) is 0 Å². The first-order valence-electron chi connectivity index (χ1n) is 4.77. The topological polar surface area (TPSA) is 3.24 Å². The highest BCUT2D eigenvalue weighted by molar-refractivity contribution is 7.80. The molecular weight excluding hydrogens is 197 g/mol. The second-order valence-electron chi connectivity index (χ2n) is 3.37. The van der Waals surface area contributed by atoms with Crippen LogP contribution in [0.15, 0.2) is 24.3 Å². The monoisotopic (exact) mass is 213 g/mol. The van der Waals surface area contributed by atoms with E-state index < -0.39 is 0 Å². The number of halogens is 1. The Hall–Kier alpha value is -0.540. The summed E-state index contributed by atoms with van der Waals surface area (Å²) in [5.41, 5.74) is 0.790. The third-order valence-corrected chi connectivity index (χ3v) is 2.40. The Morgan fingerprint density at radius 2 is 2.00 bits per heavy atom. The molecule has 3 heteroatoms. The Morgan fingerprint density at radius 3 is 2.64 bits per heavy atom. The molecule has 0 aliphatic carbocycles. The maximum atomic E-state index is 13.2. The van der Waals surface area contributed by atoms with Crippen LogP contribution in [0.5, 0.6) is 0 Å². The highest BCUT2D eigenvalue weighted by Crippen LogP contribution is 2.07. The molecule has 14 heavy (non-hydrogen) atoms. The van der Waals surface area contributed by atoms with E-state index >= 15 is 0 Å². The van der Waals surface area contributed by atoms with Crippen molar-refractivity contribution < 1.29 is 4.39 Å². The average molecular weight is 213 g/mol. The fraction of sp³-hybridized carbons (Fsp3) is 0.455. The van der Waals surface area contributed by atoms with Gasteiger partial charge in [-0.1, -0.05) is 18.2 Å². The van der Waals surface area contributed by atoms with Gasteiger partial charge in [0.15, 0.2) is 0 Å². The predicted octanol–water partition coefficient (Wildman–Crippen LogP) is 2.23.